The van der Waals surface area contributed by atoms with Crippen molar-refractivity contribution in [3.05, 3.63) is 59.7 Å². The van der Waals surface area contributed by atoms with Gasteiger partial charge < -0.3 is 9.84 Å². The molecule has 0 aliphatic carbocycles. The van der Waals surface area contributed by atoms with Crippen LogP contribution >= 0.6 is 0 Å². The summed E-state index contributed by atoms with van der Waals surface area (Å²) in [5.74, 6) is 1.08. The standard InChI is InChI=1S/C11H14O2.C8H8O2/c1-8(2)13-11-6-4-10(5-7-11)9(3)12;1-6(9)7-2-4-8(10)5-3-7/h4-8H,1-3H3;2-5,10H,1H3. The van der Waals surface area contributed by atoms with Crippen LogP contribution in [0.25, 0.3) is 0 Å². The maximum absolute atomic E-state index is 10.9. The van der Waals surface area contributed by atoms with Crippen molar-refractivity contribution < 1.29 is 19.4 Å². The van der Waals surface area contributed by atoms with Crippen LogP contribution in [0, 0.1) is 0 Å². The summed E-state index contributed by atoms with van der Waals surface area (Å²) >= 11 is 0. The minimum atomic E-state index is 0.0139. The van der Waals surface area contributed by atoms with Crippen molar-refractivity contribution in [1.29, 1.82) is 0 Å². The largest absolute Gasteiger partial charge is 0.508 e. The predicted octanol–water partition coefficient (Wildman–Crippen LogP) is 4.27. The SMILES string of the molecule is CC(=O)c1ccc(O)cc1.CC(=O)c1ccc(OC(C)C)cc1. The molecule has 0 fully saturated rings. The minimum absolute atomic E-state index is 0.0139. The van der Waals surface area contributed by atoms with Gasteiger partial charge in [-0.05, 0) is 76.2 Å². The van der Waals surface area contributed by atoms with Crippen LogP contribution in [-0.4, -0.2) is 22.8 Å². The number of rotatable bonds is 4. The molecule has 0 aliphatic rings. The van der Waals surface area contributed by atoms with E-state index in [1.165, 1.54) is 19.1 Å². The Kier molecular flexibility index (Phi) is 7.00. The summed E-state index contributed by atoms with van der Waals surface area (Å²) in [7, 11) is 0. The van der Waals surface area contributed by atoms with Crippen LogP contribution < -0.4 is 4.74 Å². The van der Waals surface area contributed by atoms with Gasteiger partial charge in [0.2, 0.25) is 0 Å². The van der Waals surface area contributed by atoms with Crippen LogP contribution in [0.1, 0.15) is 48.4 Å². The minimum Gasteiger partial charge on any atom is -0.508 e. The molecule has 1 N–H and O–H groups in total. The average molecular weight is 314 g/mol. The molecule has 0 bridgehead atoms. The molecule has 0 unspecified atom stereocenters. The van der Waals surface area contributed by atoms with Gasteiger partial charge in [0.25, 0.3) is 0 Å². The number of ketones is 2. The Hall–Kier alpha value is -2.62. The zero-order valence-corrected chi connectivity index (χ0v) is 13.9. The highest BCUT2D eigenvalue weighted by Crippen LogP contribution is 2.13. The molecule has 122 valence electrons. The summed E-state index contributed by atoms with van der Waals surface area (Å²) in [4.78, 5) is 21.6. The first kappa shape index (κ1) is 18.4. The summed E-state index contributed by atoms with van der Waals surface area (Å²) in [6.07, 6.45) is 0.170. The second-order valence-electron chi connectivity index (χ2n) is 5.35. The lowest BCUT2D eigenvalue weighted by Crippen LogP contribution is -2.05. The quantitative estimate of drug-likeness (QED) is 0.856. The smallest absolute Gasteiger partial charge is 0.159 e. The van der Waals surface area contributed by atoms with Crippen molar-refractivity contribution in [1.82, 2.24) is 0 Å². The number of carbonyl (C=O) groups excluding carboxylic acids is 2. The lowest BCUT2D eigenvalue weighted by atomic mass is 10.1. The summed E-state index contributed by atoms with van der Waals surface area (Å²) < 4.78 is 5.44. The van der Waals surface area contributed by atoms with Crippen LogP contribution in [0.15, 0.2) is 48.5 Å². The molecule has 2 aromatic carbocycles. The average Bonchev–Trinajstić information content (AvgIpc) is 2.48. The van der Waals surface area contributed by atoms with Gasteiger partial charge >= 0.3 is 0 Å². The fourth-order valence-electron chi connectivity index (χ4n) is 1.74. The van der Waals surface area contributed by atoms with Crippen LogP contribution in [0.4, 0.5) is 0 Å². The van der Waals surface area contributed by atoms with E-state index in [9.17, 15) is 9.59 Å². The molecule has 4 nitrogen and oxygen atoms in total. The highest BCUT2D eigenvalue weighted by atomic mass is 16.5. The summed E-state index contributed by atoms with van der Waals surface area (Å²) in [6.45, 7) is 6.99. The zero-order valence-electron chi connectivity index (χ0n) is 13.9. The van der Waals surface area contributed by atoms with Gasteiger partial charge in [-0.2, -0.15) is 0 Å². The van der Waals surface area contributed by atoms with Gasteiger partial charge in [-0.1, -0.05) is 0 Å². The van der Waals surface area contributed by atoms with Crippen molar-refractivity contribution in [2.75, 3.05) is 0 Å². The lowest BCUT2D eigenvalue weighted by Gasteiger charge is -2.09. The normalized spacial score (nSPS) is 9.78. The van der Waals surface area contributed by atoms with Gasteiger partial charge in [0.05, 0.1) is 6.10 Å². The van der Waals surface area contributed by atoms with Gasteiger partial charge in [0, 0.05) is 11.1 Å². The fraction of sp³-hybridized carbons (Fsp3) is 0.263. The number of hydrogen-bond acceptors (Lipinski definition) is 4. The Labute approximate surface area is 136 Å². The molecule has 0 radical (unpaired) electrons. The van der Waals surface area contributed by atoms with Gasteiger partial charge in [0.1, 0.15) is 11.5 Å². The molecule has 0 aliphatic heterocycles. The molecular formula is C19H22O4. The summed E-state index contributed by atoms with van der Waals surface area (Å²) in [6, 6.07) is 13.4. The monoisotopic (exact) mass is 314 g/mol. The number of hydrogen-bond donors (Lipinski definition) is 1. The molecule has 2 aromatic rings. The first-order valence-electron chi connectivity index (χ1n) is 7.37. The third-order valence-electron chi connectivity index (χ3n) is 2.91. The van der Waals surface area contributed by atoms with E-state index in [0.29, 0.717) is 5.56 Å². The molecule has 4 heteroatoms. The van der Waals surface area contributed by atoms with Crippen molar-refractivity contribution in [3.63, 3.8) is 0 Å². The number of phenols is 1. The van der Waals surface area contributed by atoms with E-state index < -0.39 is 0 Å². The van der Waals surface area contributed by atoms with Crippen molar-refractivity contribution >= 4 is 11.6 Å². The molecule has 0 amide bonds. The van der Waals surface area contributed by atoms with E-state index in [4.69, 9.17) is 9.84 Å². The zero-order chi connectivity index (χ0) is 17.4. The Balaban J connectivity index is 0.000000238. The Morgan fingerprint density at radius 2 is 1.22 bits per heavy atom. The van der Waals surface area contributed by atoms with E-state index >= 15 is 0 Å². The van der Waals surface area contributed by atoms with Gasteiger partial charge in [-0.15, -0.1) is 0 Å². The number of ether oxygens (including phenoxy) is 1. The van der Waals surface area contributed by atoms with Crippen LogP contribution in [0.2, 0.25) is 0 Å². The van der Waals surface area contributed by atoms with E-state index in [1.807, 2.05) is 26.0 Å². The number of benzene rings is 2. The molecule has 0 spiro atoms. The molecule has 2 rings (SSSR count). The van der Waals surface area contributed by atoms with Crippen LogP contribution in [0.3, 0.4) is 0 Å². The molecule has 23 heavy (non-hydrogen) atoms. The first-order valence-corrected chi connectivity index (χ1v) is 7.37. The van der Waals surface area contributed by atoms with Gasteiger partial charge in [-0.3, -0.25) is 9.59 Å². The molecular weight excluding hydrogens is 292 g/mol. The Bertz CT molecular complexity index is 640. The maximum Gasteiger partial charge on any atom is 0.159 e. The number of carbonyl (C=O) groups is 2. The Morgan fingerprint density at radius 1 is 0.826 bits per heavy atom. The number of Topliss-reactive ketones (excluding diaryl/α,β-unsaturated/α-hetero) is 2. The van der Waals surface area contributed by atoms with Crippen LogP contribution in [0.5, 0.6) is 11.5 Å². The molecule has 0 atom stereocenters. The molecule has 0 heterocycles. The van der Waals surface area contributed by atoms with Crippen molar-refractivity contribution in [2.24, 2.45) is 0 Å². The second kappa shape index (κ2) is 8.73. The third-order valence-corrected chi connectivity index (χ3v) is 2.91. The summed E-state index contributed by atoms with van der Waals surface area (Å²) in [5, 5.41) is 8.83. The van der Waals surface area contributed by atoms with Crippen LogP contribution in [-0.2, 0) is 0 Å². The number of aromatic hydroxyl groups is 1. The first-order chi connectivity index (χ1) is 10.8. The van der Waals surface area contributed by atoms with E-state index in [0.717, 1.165) is 11.3 Å². The van der Waals surface area contributed by atoms with E-state index in [2.05, 4.69) is 0 Å². The molecule has 0 aromatic heterocycles. The van der Waals surface area contributed by atoms with Gasteiger partial charge in [-0.25, -0.2) is 0 Å². The topological polar surface area (TPSA) is 63.6 Å². The fourth-order valence-corrected chi connectivity index (χ4v) is 1.74. The van der Waals surface area contributed by atoms with Crippen molar-refractivity contribution in [3.8, 4) is 11.5 Å². The second-order valence-corrected chi connectivity index (χ2v) is 5.35. The molecule has 0 saturated heterocycles. The predicted molar refractivity (Wildman–Crippen MR) is 90.3 cm³/mol. The summed E-state index contributed by atoms with van der Waals surface area (Å²) in [5.41, 5.74) is 1.34. The van der Waals surface area contributed by atoms with E-state index in [-0.39, 0.29) is 23.4 Å². The van der Waals surface area contributed by atoms with Gasteiger partial charge in [0.15, 0.2) is 11.6 Å². The van der Waals surface area contributed by atoms with E-state index in [1.54, 1.807) is 31.2 Å². The number of phenolic OH excluding ortho intramolecular Hbond substituents is 1. The third kappa shape index (κ3) is 6.78. The highest BCUT2D eigenvalue weighted by Gasteiger charge is 2.00. The molecule has 0 saturated carbocycles. The lowest BCUT2D eigenvalue weighted by molar-refractivity contribution is 0.100. The maximum atomic E-state index is 10.9. The highest BCUT2D eigenvalue weighted by molar-refractivity contribution is 5.94. The Morgan fingerprint density at radius 3 is 1.57 bits per heavy atom. The van der Waals surface area contributed by atoms with Crippen molar-refractivity contribution in [2.45, 2.75) is 33.8 Å².